The first-order valence-electron chi connectivity index (χ1n) is 7.88. The molecule has 2 nitrogen and oxygen atoms in total. The van der Waals surface area contributed by atoms with Gasteiger partial charge in [-0.15, -0.1) is 0 Å². The fourth-order valence-corrected chi connectivity index (χ4v) is 4.19. The Kier molecular flexibility index (Phi) is 4.02. The second kappa shape index (κ2) is 5.66. The van der Waals surface area contributed by atoms with E-state index in [4.69, 9.17) is 16.0 Å². The summed E-state index contributed by atoms with van der Waals surface area (Å²) in [6.07, 6.45) is 5.06. The summed E-state index contributed by atoms with van der Waals surface area (Å²) in [5, 5.41) is 12.5. The van der Waals surface area contributed by atoms with E-state index >= 15 is 0 Å². The number of aliphatic hydroxyl groups is 1. The van der Waals surface area contributed by atoms with Crippen LogP contribution in [0.2, 0.25) is 5.02 Å². The summed E-state index contributed by atoms with van der Waals surface area (Å²) in [5.41, 5.74) is 0.653. The van der Waals surface area contributed by atoms with Gasteiger partial charge in [-0.05, 0) is 37.3 Å². The summed E-state index contributed by atoms with van der Waals surface area (Å²) in [6.45, 7) is 4.45. The van der Waals surface area contributed by atoms with Crippen molar-refractivity contribution in [2.75, 3.05) is 0 Å². The molecule has 0 radical (unpaired) electrons. The summed E-state index contributed by atoms with van der Waals surface area (Å²) in [6, 6.07) is 7.66. The van der Waals surface area contributed by atoms with Crippen molar-refractivity contribution in [3.63, 3.8) is 0 Å². The largest absolute Gasteiger partial charge is 0.457 e. The predicted octanol–water partition coefficient (Wildman–Crippen LogP) is 5.73. The Labute approximate surface area is 131 Å². The van der Waals surface area contributed by atoms with Crippen LogP contribution in [0.3, 0.4) is 0 Å². The van der Waals surface area contributed by atoms with Crippen molar-refractivity contribution in [2.45, 2.75) is 52.1 Å². The van der Waals surface area contributed by atoms with Crippen LogP contribution in [-0.4, -0.2) is 5.11 Å². The fourth-order valence-electron chi connectivity index (χ4n) is 3.97. The van der Waals surface area contributed by atoms with E-state index < -0.39 is 6.10 Å². The standard InChI is InChI=1S/C18H23ClO2/c1-12(2)11-18(8-3-4-9-18)17(20)15-10-13-6-5-7-14(19)16(13)21-15/h5-7,10,12,17,20H,3-4,8-9,11H2,1-2H3. The Balaban J connectivity index is 1.98. The number of fused-ring (bicyclic) bond motifs is 1. The molecule has 21 heavy (non-hydrogen) atoms. The van der Waals surface area contributed by atoms with Gasteiger partial charge in [0.05, 0.1) is 5.02 Å². The van der Waals surface area contributed by atoms with Crippen molar-refractivity contribution >= 4 is 22.6 Å². The van der Waals surface area contributed by atoms with Crippen molar-refractivity contribution in [3.8, 4) is 0 Å². The number of aliphatic hydroxyl groups excluding tert-OH is 1. The van der Waals surface area contributed by atoms with Crippen LogP contribution in [0.25, 0.3) is 11.0 Å². The number of para-hydroxylation sites is 1. The molecule has 1 aromatic carbocycles. The molecular formula is C18H23ClO2. The molecule has 0 bridgehead atoms. The SMILES string of the molecule is CC(C)CC1(C(O)c2cc3cccc(Cl)c3o2)CCCC1. The van der Waals surface area contributed by atoms with E-state index in [1.165, 1.54) is 12.8 Å². The van der Waals surface area contributed by atoms with Crippen LogP contribution in [0, 0.1) is 11.3 Å². The number of rotatable bonds is 4. The predicted molar refractivity (Wildman–Crippen MR) is 86.5 cm³/mol. The van der Waals surface area contributed by atoms with Gasteiger partial charge in [0.1, 0.15) is 11.9 Å². The van der Waals surface area contributed by atoms with E-state index in [1.807, 2.05) is 24.3 Å². The molecule has 1 unspecified atom stereocenters. The van der Waals surface area contributed by atoms with Gasteiger partial charge in [-0.2, -0.15) is 0 Å². The minimum atomic E-state index is -0.536. The maximum absolute atomic E-state index is 11.0. The molecule has 1 fully saturated rings. The normalized spacial score (nSPS) is 19.5. The molecular weight excluding hydrogens is 284 g/mol. The molecule has 1 heterocycles. The zero-order chi connectivity index (χ0) is 15.0. The van der Waals surface area contributed by atoms with Gasteiger partial charge in [0.2, 0.25) is 0 Å². The van der Waals surface area contributed by atoms with E-state index in [2.05, 4.69) is 13.8 Å². The molecule has 0 amide bonds. The first kappa shape index (κ1) is 14.9. The maximum Gasteiger partial charge on any atom is 0.152 e. The monoisotopic (exact) mass is 306 g/mol. The van der Waals surface area contributed by atoms with Crippen LogP contribution in [0.5, 0.6) is 0 Å². The van der Waals surface area contributed by atoms with E-state index in [0.29, 0.717) is 22.3 Å². The number of hydrogen-bond acceptors (Lipinski definition) is 2. The molecule has 1 aliphatic carbocycles. The molecule has 2 aromatic rings. The first-order valence-corrected chi connectivity index (χ1v) is 8.26. The fraction of sp³-hybridized carbons (Fsp3) is 0.556. The van der Waals surface area contributed by atoms with Crippen LogP contribution in [0.1, 0.15) is 57.8 Å². The summed E-state index contributed by atoms with van der Waals surface area (Å²) in [4.78, 5) is 0. The van der Waals surface area contributed by atoms with Gasteiger partial charge in [0.25, 0.3) is 0 Å². The lowest BCUT2D eigenvalue weighted by molar-refractivity contribution is -0.00265. The maximum atomic E-state index is 11.0. The summed E-state index contributed by atoms with van der Waals surface area (Å²) < 4.78 is 5.90. The molecule has 1 aliphatic rings. The second-order valence-corrected chi connectivity index (χ2v) is 7.28. The van der Waals surface area contributed by atoms with Gasteiger partial charge >= 0.3 is 0 Å². The van der Waals surface area contributed by atoms with Gasteiger partial charge in [-0.25, -0.2) is 0 Å². The molecule has 3 heteroatoms. The molecule has 114 valence electrons. The molecule has 0 saturated heterocycles. The van der Waals surface area contributed by atoms with Crippen LogP contribution in [-0.2, 0) is 0 Å². The smallest absolute Gasteiger partial charge is 0.152 e. The lowest BCUT2D eigenvalue weighted by atomic mass is 9.73. The van der Waals surface area contributed by atoms with Crippen molar-refractivity contribution in [3.05, 3.63) is 35.0 Å². The first-order chi connectivity index (χ1) is 10.0. The molecule has 1 atom stereocenters. The number of hydrogen-bond donors (Lipinski definition) is 1. The lowest BCUT2D eigenvalue weighted by Crippen LogP contribution is -2.27. The van der Waals surface area contributed by atoms with E-state index in [9.17, 15) is 5.11 Å². The van der Waals surface area contributed by atoms with Crippen LogP contribution in [0.15, 0.2) is 28.7 Å². The molecule has 1 aromatic heterocycles. The number of halogens is 1. The summed E-state index contributed by atoms with van der Waals surface area (Å²) in [5.74, 6) is 1.24. The minimum Gasteiger partial charge on any atom is -0.457 e. The third-order valence-corrected chi connectivity index (χ3v) is 5.08. The molecule has 0 aliphatic heterocycles. The third-order valence-electron chi connectivity index (χ3n) is 4.78. The Hall–Kier alpha value is -0.990. The van der Waals surface area contributed by atoms with Gasteiger partial charge in [0.15, 0.2) is 5.58 Å². The van der Waals surface area contributed by atoms with E-state index in [0.717, 1.165) is 24.6 Å². The highest BCUT2D eigenvalue weighted by Gasteiger charge is 2.43. The van der Waals surface area contributed by atoms with Gasteiger partial charge in [0, 0.05) is 10.8 Å². The molecule has 0 spiro atoms. The highest BCUT2D eigenvalue weighted by molar-refractivity contribution is 6.34. The number of furan rings is 1. The Morgan fingerprint density at radius 2 is 2.00 bits per heavy atom. The summed E-state index contributed by atoms with van der Waals surface area (Å²) in [7, 11) is 0. The topological polar surface area (TPSA) is 33.4 Å². The van der Waals surface area contributed by atoms with Crippen molar-refractivity contribution < 1.29 is 9.52 Å². The van der Waals surface area contributed by atoms with Gasteiger partial charge in [-0.1, -0.05) is 50.4 Å². The number of benzene rings is 1. The molecule has 1 N–H and O–H groups in total. The average Bonchev–Trinajstić information content (AvgIpc) is 3.05. The van der Waals surface area contributed by atoms with Crippen LogP contribution >= 0.6 is 11.6 Å². The van der Waals surface area contributed by atoms with E-state index in [-0.39, 0.29) is 5.41 Å². The van der Waals surface area contributed by atoms with E-state index in [1.54, 1.807) is 0 Å². The van der Waals surface area contributed by atoms with Crippen LogP contribution < -0.4 is 0 Å². The second-order valence-electron chi connectivity index (χ2n) is 6.88. The van der Waals surface area contributed by atoms with Crippen molar-refractivity contribution in [1.82, 2.24) is 0 Å². The molecule has 3 rings (SSSR count). The highest BCUT2D eigenvalue weighted by atomic mass is 35.5. The Morgan fingerprint density at radius 3 is 2.62 bits per heavy atom. The van der Waals surface area contributed by atoms with Gasteiger partial charge < -0.3 is 9.52 Å². The zero-order valence-corrected chi connectivity index (χ0v) is 13.5. The van der Waals surface area contributed by atoms with Crippen molar-refractivity contribution in [1.29, 1.82) is 0 Å². The Bertz CT molecular complexity index is 623. The lowest BCUT2D eigenvalue weighted by Gasteiger charge is -2.34. The third kappa shape index (κ3) is 2.72. The zero-order valence-electron chi connectivity index (χ0n) is 12.7. The van der Waals surface area contributed by atoms with Gasteiger partial charge in [-0.3, -0.25) is 0 Å². The highest BCUT2D eigenvalue weighted by Crippen LogP contribution is 2.52. The molecule has 1 saturated carbocycles. The Morgan fingerprint density at radius 1 is 1.29 bits per heavy atom. The summed E-state index contributed by atoms with van der Waals surface area (Å²) >= 11 is 6.18. The minimum absolute atomic E-state index is 0.0332. The van der Waals surface area contributed by atoms with Crippen molar-refractivity contribution in [2.24, 2.45) is 11.3 Å². The average molecular weight is 307 g/mol. The van der Waals surface area contributed by atoms with Crippen LogP contribution in [0.4, 0.5) is 0 Å². The quantitative estimate of drug-likeness (QED) is 0.783.